The van der Waals surface area contributed by atoms with Crippen molar-refractivity contribution >= 4 is 33.9 Å². The third kappa shape index (κ3) is 2.68. The van der Waals surface area contributed by atoms with Crippen LogP contribution in [0.3, 0.4) is 0 Å². The van der Waals surface area contributed by atoms with Crippen LogP contribution in [-0.4, -0.2) is 9.91 Å². The number of halogens is 1. The summed E-state index contributed by atoms with van der Waals surface area (Å²) in [5.41, 5.74) is 2.84. The van der Waals surface area contributed by atoms with Gasteiger partial charge in [0.05, 0.1) is 15.6 Å². The molecule has 2 aromatic carbocycles. The molecule has 1 aromatic heterocycles. The molecule has 0 aliphatic carbocycles. The average Bonchev–Trinajstić information content (AvgIpc) is 2.89. The van der Waals surface area contributed by atoms with Gasteiger partial charge in [-0.1, -0.05) is 29.8 Å². The van der Waals surface area contributed by atoms with Crippen molar-refractivity contribution in [3.63, 3.8) is 0 Å². The van der Waals surface area contributed by atoms with Crippen LogP contribution in [-0.2, 0) is 6.54 Å². The van der Waals surface area contributed by atoms with Crippen molar-refractivity contribution in [3.05, 3.63) is 69.4 Å². The summed E-state index contributed by atoms with van der Waals surface area (Å²) in [5.74, 6) is 0. The molecule has 0 bridgehead atoms. The lowest BCUT2D eigenvalue weighted by Gasteiger charge is -2.07. The molecule has 0 fully saturated rings. The summed E-state index contributed by atoms with van der Waals surface area (Å²) >= 11 is 6.06. The number of para-hydroxylation sites is 1. The van der Waals surface area contributed by atoms with Gasteiger partial charge in [0.1, 0.15) is 0 Å². The number of hydrogen-bond acceptors (Lipinski definition) is 3. The first-order valence-electron chi connectivity index (χ1n) is 6.38. The molecule has 6 heteroatoms. The molecule has 0 unspecified atom stereocenters. The monoisotopic (exact) mass is 301 g/mol. The molecule has 0 amide bonds. The van der Waals surface area contributed by atoms with Crippen LogP contribution in [0.2, 0.25) is 5.02 Å². The number of benzene rings is 2. The number of non-ortho nitro benzene ring substituents is 1. The zero-order valence-electron chi connectivity index (χ0n) is 11.0. The number of nitro groups is 1. The number of aromatic amines is 1. The number of nitro benzene ring substituents is 1. The van der Waals surface area contributed by atoms with Crippen LogP contribution in [0.25, 0.3) is 10.9 Å². The van der Waals surface area contributed by atoms with Gasteiger partial charge in [-0.15, -0.1) is 0 Å². The van der Waals surface area contributed by atoms with Crippen LogP contribution in [0.5, 0.6) is 0 Å². The molecular formula is C15H12ClN3O2. The largest absolute Gasteiger partial charge is 0.380 e. The van der Waals surface area contributed by atoms with Gasteiger partial charge in [-0.25, -0.2) is 0 Å². The van der Waals surface area contributed by atoms with E-state index in [1.165, 1.54) is 12.1 Å². The number of fused-ring (bicyclic) bond motifs is 1. The van der Waals surface area contributed by atoms with Gasteiger partial charge in [0, 0.05) is 35.8 Å². The molecule has 0 aliphatic rings. The molecule has 0 saturated heterocycles. The SMILES string of the molecule is O=[N+]([O-])c1ccc(NCc2c[nH]c3ccccc23)c(Cl)c1. The Morgan fingerprint density at radius 2 is 2.05 bits per heavy atom. The lowest BCUT2D eigenvalue weighted by Crippen LogP contribution is -1.99. The lowest BCUT2D eigenvalue weighted by molar-refractivity contribution is -0.384. The van der Waals surface area contributed by atoms with E-state index >= 15 is 0 Å². The van der Waals surface area contributed by atoms with E-state index in [0.29, 0.717) is 17.3 Å². The molecule has 0 spiro atoms. The van der Waals surface area contributed by atoms with Crippen LogP contribution in [0, 0.1) is 10.1 Å². The summed E-state index contributed by atoms with van der Waals surface area (Å²) in [6.45, 7) is 0.585. The zero-order chi connectivity index (χ0) is 14.8. The summed E-state index contributed by atoms with van der Waals surface area (Å²) in [5, 5.41) is 15.4. The maximum Gasteiger partial charge on any atom is 0.271 e. The van der Waals surface area contributed by atoms with Crippen molar-refractivity contribution in [1.29, 1.82) is 0 Å². The fraction of sp³-hybridized carbons (Fsp3) is 0.0667. The fourth-order valence-electron chi connectivity index (χ4n) is 2.23. The molecule has 3 aromatic rings. The first-order chi connectivity index (χ1) is 10.1. The Hall–Kier alpha value is -2.53. The topological polar surface area (TPSA) is 71.0 Å². The predicted molar refractivity (Wildman–Crippen MR) is 83.7 cm³/mol. The van der Waals surface area contributed by atoms with E-state index in [0.717, 1.165) is 16.5 Å². The van der Waals surface area contributed by atoms with Gasteiger partial charge >= 0.3 is 0 Å². The highest BCUT2D eigenvalue weighted by Crippen LogP contribution is 2.27. The predicted octanol–water partition coefficient (Wildman–Crippen LogP) is 4.34. The number of nitrogens with one attached hydrogen (secondary N) is 2. The molecule has 0 atom stereocenters. The quantitative estimate of drug-likeness (QED) is 0.556. The van der Waals surface area contributed by atoms with Crippen LogP contribution < -0.4 is 5.32 Å². The van der Waals surface area contributed by atoms with Crippen molar-refractivity contribution in [3.8, 4) is 0 Å². The smallest absolute Gasteiger partial charge is 0.271 e. The third-order valence-corrected chi connectivity index (χ3v) is 3.62. The average molecular weight is 302 g/mol. The van der Waals surface area contributed by atoms with Gasteiger partial charge in [-0.3, -0.25) is 10.1 Å². The van der Waals surface area contributed by atoms with Gasteiger partial charge in [0.2, 0.25) is 0 Å². The Morgan fingerprint density at radius 1 is 1.24 bits per heavy atom. The van der Waals surface area contributed by atoms with Crippen LogP contribution in [0.4, 0.5) is 11.4 Å². The molecule has 2 N–H and O–H groups in total. The van der Waals surface area contributed by atoms with E-state index in [9.17, 15) is 10.1 Å². The molecular weight excluding hydrogens is 290 g/mol. The van der Waals surface area contributed by atoms with E-state index < -0.39 is 4.92 Å². The van der Waals surface area contributed by atoms with Crippen LogP contribution in [0.15, 0.2) is 48.7 Å². The van der Waals surface area contributed by atoms with E-state index in [2.05, 4.69) is 10.3 Å². The fourth-order valence-corrected chi connectivity index (χ4v) is 2.47. The minimum absolute atomic E-state index is 0.0161. The van der Waals surface area contributed by atoms with E-state index in [-0.39, 0.29) is 5.69 Å². The zero-order valence-corrected chi connectivity index (χ0v) is 11.7. The molecule has 5 nitrogen and oxygen atoms in total. The van der Waals surface area contributed by atoms with Gasteiger partial charge in [0.15, 0.2) is 0 Å². The summed E-state index contributed by atoms with van der Waals surface area (Å²) in [7, 11) is 0. The van der Waals surface area contributed by atoms with Crippen LogP contribution in [0.1, 0.15) is 5.56 Å². The van der Waals surface area contributed by atoms with Gasteiger partial charge in [0.25, 0.3) is 5.69 Å². The molecule has 1 heterocycles. The molecule has 0 saturated carbocycles. The number of rotatable bonds is 4. The van der Waals surface area contributed by atoms with Crippen molar-refractivity contribution in [2.24, 2.45) is 0 Å². The summed E-state index contributed by atoms with van der Waals surface area (Å²) < 4.78 is 0. The number of hydrogen-bond donors (Lipinski definition) is 2. The molecule has 106 valence electrons. The van der Waals surface area contributed by atoms with Gasteiger partial charge < -0.3 is 10.3 Å². The molecule has 0 aliphatic heterocycles. The minimum atomic E-state index is -0.463. The standard InChI is InChI=1S/C15H12ClN3O2/c16-13-7-11(19(20)21)5-6-15(13)18-9-10-8-17-14-4-2-1-3-12(10)14/h1-8,17-18H,9H2. The Morgan fingerprint density at radius 3 is 2.81 bits per heavy atom. The molecule has 21 heavy (non-hydrogen) atoms. The summed E-state index contributed by atoms with van der Waals surface area (Å²) in [4.78, 5) is 13.4. The first-order valence-corrected chi connectivity index (χ1v) is 6.76. The minimum Gasteiger partial charge on any atom is -0.380 e. The summed E-state index contributed by atoms with van der Waals surface area (Å²) in [6, 6.07) is 12.4. The highest BCUT2D eigenvalue weighted by atomic mass is 35.5. The van der Waals surface area contributed by atoms with E-state index in [4.69, 9.17) is 11.6 Å². The van der Waals surface area contributed by atoms with Crippen molar-refractivity contribution in [2.45, 2.75) is 6.54 Å². The Kier molecular flexibility index (Phi) is 3.50. The second kappa shape index (κ2) is 5.46. The number of aromatic nitrogens is 1. The maximum absolute atomic E-state index is 10.7. The van der Waals surface area contributed by atoms with E-state index in [1.54, 1.807) is 6.07 Å². The second-order valence-electron chi connectivity index (χ2n) is 4.63. The van der Waals surface area contributed by atoms with Gasteiger partial charge in [-0.2, -0.15) is 0 Å². The van der Waals surface area contributed by atoms with Crippen molar-refractivity contribution in [2.75, 3.05) is 5.32 Å². The highest BCUT2D eigenvalue weighted by Gasteiger charge is 2.10. The van der Waals surface area contributed by atoms with Crippen LogP contribution >= 0.6 is 11.6 Å². The Labute approximate surface area is 125 Å². The molecule has 0 radical (unpaired) electrons. The Bertz CT molecular complexity index is 814. The lowest BCUT2D eigenvalue weighted by atomic mass is 10.1. The highest BCUT2D eigenvalue weighted by molar-refractivity contribution is 6.33. The summed E-state index contributed by atoms with van der Waals surface area (Å²) in [6.07, 6.45) is 1.94. The molecule has 3 rings (SSSR count). The van der Waals surface area contributed by atoms with Gasteiger partial charge in [-0.05, 0) is 17.7 Å². The number of anilines is 1. The van der Waals surface area contributed by atoms with E-state index in [1.807, 2.05) is 30.5 Å². The third-order valence-electron chi connectivity index (χ3n) is 3.31. The Balaban J connectivity index is 1.80. The number of H-pyrrole nitrogens is 1. The number of nitrogens with zero attached hydrogens (tertiary/aromatic N) is 1. The maximum atomic E-state index is 10.7. The first kappa shape index (κ1) is 13.5. The second-order valence-corrected chi connectivity index (χ2v) is 5.04. The van der Waals surface area contributed by atoms with Crippen molar-refractivity contribution < 1.29 is 4.92 Å². The normalized spacial score (nSPS) is 10.7. The van der Waals surface area contributed by atoms with Crippen molar-refractivity contribution in [1.82, 2.24) is 4.98 Å².